The Labute approximate surface area is 155 Å². The fourth-order valence-corrected chi connectivity index (χ4v) is 5.63. The summed E-state index contributed by atoms with van der Waals surface area (Å²) in [5.74, 6) is 0. The first kappa shape index (κ1) is 16.4. The summed E-state index contributed by atoms with van der Waals surface area (Å²) in [6.45, 7) is 8.08. The molecule has 3 aromatic rings. The van der Waals surface area contributed by atoms with Crippen molar-refractivity contribution in [1.82, 2.24) is 29.0 Å². The van der Waals surface area contributed by atoms with E-state index >= 15 is 0 Å². The Morgan fingerprint density at radius 1 is 1.33 bits per heavy atom. The lowest BCUT2D eigenvalue weighted by Crippen LogP contribution is -2.66. The molecule has 1 saturated carbocycles. The van der Waals surface area contributed by atoms with Crippen molar-refractivity contribution < 1.29 is 8.42 Å². The maximum absolute atomic E-state index is 12.4. The molecule has 5 rings (SSSR count). The van der Waals surface area contributed by atoms with Crippen LogP contribution in [0.2, 0.25) is 0 Å². The van der Waals surface area contributed by atoms with Gasteiger partial charge in [-0.2, -0.15) is 9.40 Å². The van der Waals surface area contributed by atoms with Crippen molar-refractivity contribution in [2.45, 2.75) is 23.6 Å². The van der Waals surface area contributed by atoms with Crippen LogP contribution >= 0.6 is 0 Å². The Morgan fingerprint density at radius 3 is 2.89 bits per heavy atom. The zero-order valence-corrected chi connectivity index (χ0v) is 15.2. The number of aromatic amines is 1. The summed E-state index contributed by atoms with van der Waals surface area (Å²) in [5, 5.41) is 5.11. The molecule has 1 aliphatic heterocycles. The van der Waals surface area contributed by atoms with Gasteiger partial charge in [0.1, 0.15) is 12.0 Å². The maximum Gasteiger partial charge on any atom is 0.242 e. The highest BCUT2D eigenvalue weighted by Crippen LogP contribution is 2.39. The van der Waals surface area contributed by atoms with Crippen LogP contribution < -0.4 is 0 Å². The average Bonchev–Trinajstić information content (AvgIpc) is 3.19. The maximum atomic E-state index is 12.4. The summed E-state index contributed by atoms with van der Waals surface area (Å²) < 4.78 is 28.1. The number of sulfonamides is 1. The summed E-state index contributed by atoms with van der Waals surface area (Å²) in [4.78, 5) is 15.2. The van der Waals surface area contributed by atoms with Gasteiger partial charge in [0.25, 0.3) is 0 Å². The molecule has 10 heteroatoms. The molecule has 138 valence electrons. The minimum Gasteiger partial charge on any atom is -0.346 e. The predicted octanol–water partition coefficient (Wildman–Crippen LogP) is 1.24. The van der Waals surface area contributed by atoms with Crippen molar-refractivity contribution in [1.29, 1.82) is 0 Å². The van der Waals surface area contributed by atoms with E-state index in [0.717, 1.165) is 35.1 Å². The molecule has 3 aromatic heterocycles. The second-order valence-corrected chi connectivity index (χ2v) is 9.40. The van der Waals surface area contributed by atoms with E-state index in [4.69, 9.17) is 6.57 Å². The van der Waals surface area contributed by atoms with Crippen LogP contribution in [0.3, 0.4) is 0 Å². The van der Waals surface area contributed by atoms with Gasteiger partial charge in [-0.15, -0.1) is 0 Å². The van der Waals surface area contributed by atoms with Gasteiger partial charge >= 0.3 is 0 Å². The fourth-order valence-electron chi connectivity index (χ4n) is 3.64. The van der Waals surface area contributed by atoms with E-state index in [0.29, 0.717) is 13.1 Å². The highest BCUT2D eigenvalue weighted by Gasteiger charge is 2.55. The molecule has 0 atom stereocenters. The minimum absolute atomic E-state index is 0.189. The first-order valence-electron chi connectivity index (χ1n) is 8.69. The molecular weight excluding hydrogens is 366 g/mol. The highest BCUT2D eigenvalue weighted by atomic mass is 32.2. The van der Waals surface area contributed by atoms with Gasteiger partial charge in [-0.3, -0.25) is 4.68 Å². The molecule has 1 aliphatic carbocycles. The van der Waals surface area contributed by atoms with E-state index in [1.165, 1.54) is 10.6 Å². The van der Waals surface area contributed by atoms with E-state index in [-0.39, 0.29) is 11.8 Å². The molecule has 4 heterocycles. The third-order valence-corrected chi connectivity index (χ3v) is 7.61. The third-order valence-electron chi connectivity index (χ3n) is 5.32. The van der Waals surface area contributed by atoms with Gasteiger partial charge in [-0.1, -0.05) is 0 Å². The van der Waals surface area contributed by atoms with Crippen molar-refractivity contribution in [3.05, 3.63) is 42.4 Å². The summed E-state index contributed by atoms with van der Waals surface area (Å²) in [5.41, 5.74) is 1.70. The van der Waals surface area contributed by atoms with E-state index in [9.17, 15) is 8.42 Å². The van der Waals surface area contributed by atoms with E-state index < -0.39 is 15.6 Å². The number of fused-ring (bicyclic) bond motifs is 1. The second-order valence-electron chi connectivity index (χ2n) is 7.19. The Kier molecular flexibility index (Phi) is 3.41. The molecule has 9 nitrogen and oxygen atoms in total. The number of nitrogens with zero attached hydrogens (tertiary/aromatic N) is 6. The zero-order chi connectivity index (χ0) is 18.6. The largest absolute Gasteiger partial charge is 0.346 e. The molecule has 1 N–H and O–H groups in total. The average molecular weight is 383 g/mol. The van der Waals surface area contributed by atoms with E-state index in [1.54, 1.807) is 17.1 Å². The monoisotopic (exact) mass is 383 g/mol. The van der Waals surface area contributed by atoms with E-state index in [1.807, 2.05) is 12.3 Å². The second kappa shape index (κ2) is 5.61. The van der Waals surface area contributed by atoms with Crippen LogP contribution in [0.5, 0.6) is 0 Å². The molecule has 0 amide bonds. The quantitative estimate of drug-likeness (QED) is 0.668. The smallest absolute Gasteiger partial charge is 0.242 e. The molecule has 0 aromatic carbocycles. The fraction of sp³-hybridized carbons (Fsp3) is 0.412. The van der Waals surface area contributed by atoms with Gasteiger partial charge in [0.15, 0.2) is 5.54 Å². The van der Waals surface area contributed by atoms with Crippen LogP contribution in [0.25, 0.3) is 27.1 Å². The summed E-state index contributed by atoms with van der Waals surface area (Å²) >= 11 is 0. The van der Waals surface area contributed by atoms with Gasteiger partial charge in [0, 0.05) is 36.4 Å². The zero-order valence-electron chi connectivity index (χ0n) is 14.4. The third kappa shape index (κ3) is 2.46. The number of aromatic nitrogens is 5. The van der Waals surface area contributed by atoms with Crippen molar-refractivity contribution in [2.75, 3.05) is 19.6 Å². The Balaban J connectivity index is 1.47. The number of rotatable bonds is 5. The minimum atomic E-state index is -3.23. The Morgan fingerprint density at radius 2 is 2.15 bits per heavy atom. The molecule has 27 heavy (non-hydrogen) atoms. The lowest BCUT2D eigenvalue weighted by molar-refractivity contribution is 0.0831. The van der Waals surface area contributed by atoms with Gasteiger partial charge in [0.05, 0.1) is 17.1 Å². The predicted molar refractivity (Wildman–Crippen MR) is 98.1 cm³/mol. The van der Waals surface area contributed by atoms with Gasteiger partial charge in [-0.25, -0.2) is 25.0 Å². The Hall–Kier alpha value is -2.77. The van der Waals surface area contributed by atoms with Crippen LogP contribution in [0.4, 0.5) is 0 Å². The van der Waals surface area contributed by atoms with E-state index in [2.05, 4.69) is 24.9 Å². The molecule has 2 fully saturated rings. The lowest BCUT2D eigenvalue weighted by atomic mass is 9.92. The van der Waals surface area contributed by atoms with Crippen LogP contribution in [0, 0.1) is 6.57 Å². The molecule has 1 saturated heterocycles. The molecule has 2 aliphatic rings. The van der Waals surface area contributed by atoms with Crippen LogP contribution in [0.1, 0.15) is 12.8 Å². The van der Waals surface area contributed by atoms with Crippen molar-refractivity contribution in [3.63, 3.8) is 0 Å². The van der Waals surface area contributed by atoms with Crippen molar-refractivity contribution in [2.24, 2.45) is 0 Å². The molecule has 0 bridgehead atoms. The summed E-state index contributed by atoms with van der Waals surface area (Å²) in [7, 11) is -3.23. The van der Waals surface area contributed by atoms with Crippen LogP contribution in [-0.2, 0) is 15.6 Å². The standard InChI is InChI=1S/C17H17N7O2S/c1-18-8-17(9-23(10-17)27(25,26)13-2-3-13)24-7-12(6-22-24)15-14-4-5-19-16(14)21-11-20-15/h4-7,11,13H,2-3,8-10H2,(H,19,20,21). The molecule has 0 spiro atoms. The first-order chi connectivity index (χ1) is 13.0. The van der Waals surface area contributed by atoms with Crippen molar-refractivity contribution >= 4 is 21.1 Å². The van der Waals surface area contributed by atoms with Crippen LogP contribution in [-0.4, -0.2) is 62.3 Å². The topological polar surface area (TPSA) is 101 Å². The summed E-state index contributed by atoms with van der Waals surface area (Å²) in [6, 6.07) is 1.91. The number of hydrogen-bond donors (Lipinski definition) is 1. The van der Waals surface area contributed by atoms with Gasteiger partial charge in [-0.05, 0) is 18.9 Å². The van der Waals surface area contributed by atoms with Crippen LogP contribution in [0.15, 0.2) is 31.0 Å². The first-order valence-corrected chi connectivity index (χ1v) is 10.2. The van der Waals surface area contributed by atoms with Gasteiger partial charge < -0.3 is 9.83 Å². The summed E-state index contributed by atoms with van der Waals surface area (Å²) in [6.07, 6.45) is 8.33. The molecule has 0 unspecified atom stereocenters. The number of hydrogen-bond acceptors (Lipinski definition) is 5. The number of nitrogens with one attached hydrogen (secondary N) is 1. The molecular formula is C17H17N7O2S. The lowest BCUT2D eigenvalue weighted by Gasteiger charge is -2.45. The van der Waals surface area contributed by atoms with Gasteiger partial charge in [0.2, 0.25) is 16.6 Å². The molecule has 0 radical (unpaired) electrons. The Bertz CT molecular complexity index is 1160. The highest BCUT2D eigenvalue weighted by molar-refractivity contribution is 7.90. The SMILES string of the molecule is [C-]#[N+]CC1(n2cc(-c3ncnc4[nH]ccc34)cn2)CN(S(=O)(=O)C2CC2)C1. The number of H-pyrrole nitrogens is 1. The van der Waals surface area contributed by atoms with Crippen molar-refractivity contribution in [3.8, 4) is 11.3 Å². The normalized spacial score (nSPS) is 19.7.